The van der Waals surface area contributed by atoms with Gasteiger partial charge in [0.1, 0.15) is 11.1 Å². The SMILES string of the molecule is O=C(c1cc2ccccc2oc1=O)N(CCc1cccs1)Cc1cccnc1. The van der Waals surface area contributed by atoms with E-state index in [0.717, 1.165) is 17.4 Å². The Labute approximate surface area is 165 Å². The number of para-hydroxylation sites is 1. The maximum atomic E-state index is 13.2. The number of pyridine rings is 1. The van der Waals surface area contributed by atoms with Gasteiger partial charge in [-0.1, -0.05) is 30.3 Å². The molecule has 1 amide bonds. The van der Waals surface area contributed by atoms with Crippen molar-refractivity contribution >= 4 is 28.2 Å². The largest absolute Gasteiger partial charge is 0.422 e. The summed E-state index contributed by atoms with van der Waals surface area (Å²) in [7, 11) is 0. The van der Waals surface area contributed by atoms with Crippen LogP contribution in [0.2, 0.25) is 0 Å². The van der Waals surface area contributed by atoms with Crippen LogP contribution in [0, 0.1) is 0 Å². The van der Waals surface area contributed by atoms with Crippen LogP contribution in [0.15, 0.2) is 81.6 Å². The molecule has 5 nitrogen and oxygen atoms in total. The van der Waals surface area contributed by atoms with Crippen LogP contribution in [-0.2, 0) is 13.0 Å². The van der Waals surface area contributed by atoms with Crippen LogP contribution in [0.4, 0.5) is 0 Å². The van der Waals surface area contributed by atoms with Crippen molar-refractivity contribution in [2.45, 2.75) is 13.0 Å². The second kappa shape index (κ2) is 8.19. The molecule has 0 bridgehead atoms. The van der Waals surface area contributed by atoms with Gasteiger partial charge in [-0.15, -0.1) is 11.3 Å². The van der Waals surface area contributed by atoms with Gasteiger partial charge in [0.15, 0.2) is 0 Å². The summed E-state index contributed by atoms with van der Waals surface area (Å²) in [6.45, 7) is 0.880. The summed E-state index contributed by atoms with van der Waals surface area (Å²) in [6, 6.07) is 16.6. The van der Waals surface area contributed by atoms with Crippen LogP contribution in [-0.4, -0.2) is 22.3 Å². The van der Waals surface area contributed by atoms with Crippen LogP contribution in [0.25, 0.3) is 11.0 Å². The van der Waals surface area contributed by atoms with E-state index in [2.05, 4.69) is 4.98 Å². The van der Waals surface area contributed by atoms with Crippen LogP contribution < -0.4 is 5.63 Å². The van der Waals surface area contributed by atoms with Gasteiger partial charge in [-0.3, -0.25) is 9.78 Å². The number of carbonyl (C=O) groups is 1. The van der Waals surface area contributed by atoms with E-state index in [9.17, 15) is 9.59 Å². The quantitative estimate of drug-likeness (QED) is 0.464. The molecule has 4 aromatic rings. The summed E-state index contributed by atoms with van der Waals surface area (Å²) in [5, 5.41) is 2.74. The maximum absolute atomic E-state index is 13.2. The van der Waals surface area contributed by atoms with E-state index >= 15 is 0 Å². The minimum atomic E-state index is -0.615. The molecule has 0 N–H and O–H groups in total. The normalized spacial score (nSPS) is 10.9. The van der Waals surface area contributed by atoms with E-state index in [1.807, 2.05) is 41.8 Å². The number of carbonyl (C=O) groups excluding carboxylic acids is 1. The first kappa shape index (κ1) is 18.1. The Morgan fingerprint density at radius 1 is 1.11 bits per heavy atom. The van der Waals surface area contributed by atoms with E-state index in [1.54, 1.807) is 46.8 Å². The van der Waals surface area contributed by atoms with Crippen molar-refractivity contribution in [1.29, 1.82) is 0 Å². The number of hydrogen-bond donors (Lipinski definition) is 0. The molecule has 4 rings (SSSR count). The Bertz CT molecular complexity index is 1140. The van der Waals surface area contributed by atoms with Crippen molar-refractivity contribution in [1.82, 2.24) is 9.88 Å². The molecule has 0 saturated carbocycles. The predicted molar refractivity (Wildman–Crippen MR) is 109 cm³/mol. The van der Waals surface area contributed by atoms with Gasteiger partial charge in [0, 0.05) is 35.7 Å². The fraction of sp³-hybridized carbons (Fsp3) is 0.136. The van der Waals surface area contributed by atoms with Crippen LogP contribution in [0.1, 0.15) is 20.8 Å². The average Bonchev–Trinajstić information content (AvgIpc) is 3.24. The van der Waals surface area contributed by atoms with Crippen molar-refractivity contribution in [2.75, 3.05) is 6.54 Å². The maximum Gasteiger partial charge on any atom is 0.349 e. The highest BCUT2D eigenvalue weighted by molar-refractivity contribution is 7.09. The first-order valence-electron chi connectivity index (χ1n) is 8.94. The van der Waals surface area contributed by atoms with E-state index < -0.39 is 5.63 Å². The van der Waals surface area contributed by atoms with E-state index in [4.69, 9.17) is 4.42 Å². The van der Waals surface area contributed by atoms with Crippen molar-refractivity contribution < 1.29 is 9.21 Å². The third-order valence-corrected chi connectivity index (χ3v) is 5.40. The highest BCUT2D eigenvalue weighted by atomic mass is 32.1. The van der Waals surface area contributed by atoms with Gasteiger partial charge in [-0.2, -0.15) is 0 Å². The van der Waals surface area contributed by atoms with Crippen molar-refractivity contribution in [3.8, 4) is 0 Å². The Morgan fingerprint density at radius 2 is 2.00 bits per heavy atom. The first-order chi connectivity index (χ1) is 13.7. The van der Waals surface area contributed by atoms with Gasteiger partial charge in [-0.25, -0.2) is 4.79 Å². The Balaban J connectivity index is 1.65. The fourth-order valence-electron chi connectivity index (χ4n) is 3.05. The standard InChI is InChI=1S/C22H18N2O3S/c25-21(19-13-17-6-1-2-8-20(17)27-22(19)26)24(11-9-18-7-4-12-28-18)15-16-5-3-10-23-14-16/h1-8,10,12-14H,9,11,15H2. The number of nitrogens with zero attached hydrogens (tertiary/aromatic N) is 2. The molecule has 28 heavy (non-hydrogen) atoms. The van der Waals surface area contributed by atoms with Crippen molar-refractivity contribution in [2.24, 2.45) is 0 Å². The molecule has 6 heteroatoms. The fourth-order valence-corrected chi connectivity index (χ4v) is 3.74. The second-order valence-electron chi connectivity index (χ2n) is 6.40. The minimum absolute atomic E-state index is 0.0498. The average molecular weight is 390 g/mol. The Hall–Kier alpha value is -3.25. The summed E-state index contributed by atoms with van der Waals surface area (Å²) in [6.07, 6.45) is 4.15. The lowest BCUT2D eigenvalue weighted by Gasteiger charge is -2.22. The number of hydrogen-bond acceptors (Lipinski definition) is 5. The number of fused-ring (bicyclic) bond motifs is 1. The Morgan fingerprint density at radius 3 is 2.79 bits per heavy atom. The molecular weight excluding hydrogens is 372 g/mol. The molecular formula is C22H18N2O3S. The zero-order chi connectivity index (χ0) is 19.3. The van der Waals surface area contributed by atoms with Crippen LogP contribution >= 0.6 is 11.3 Å². The zero-order valence-electron chi connectivity index (χ0n) is 15.1. The number of rotatable bonds is 6. The molecule has 0 spiro atoms. The zero-order valence-corrected chi connectivity index (χ0v) is 15.9. The molecule has 3 heterocycles. The van der Waals surface area contributed by atoms with Gasteiger partial charge in [-0.05, 0) is 41.6 Å². The summed E-state index contributed by atoms with van der Waals surface area (Å²) in [4.78, 5) is 32.7. The van der Waals surface area contributed by atoms with Gasteiger partial charge >= 0.3 is 5.63 Å². The number of aromatic nitrogens is 1. The lowest BCUT2D eigenvalue weighted by atomic mass is 10.1. The molecule has 0 aliphatic carbocycles. The van der Waals surface area contributed by atoms with Crippen LogP contribution in [0.3, 0.4) is 0 Å². The molecule has 0 radical (unpaired) electrons. The van der Waals surface area contributed by atoms with Crippen LogP contribution in [0.5, 0.6) is 0 Å². The topological polar surface area (TPSA) is 63.4 Å². The van der Waals surface area contributed by atoms with Gasteiger partial charge in [0.2, 0.25) is 0 Å². The minimum Gasteiger partial charge on any atom is -0.422 e. The van der Waals surface area contributed by atoms with Crippen molar-refractivity contribution in [3.05, 3.63) is 98.8 Å². The van der Waals surface area contributed by atoms with Gasteiger partial charge < -0.3 is 9.32 Å². The third kappa shape index (κ3) is 4.02. The lowest BCUT2D eigenvalue weighted by molar-refractivity contribution is 0.0741. The second-order valence-corrected chi connectivity index (χ2v) is 7.43. The summed E-state index contributed by atoms with van der Waals surface area (Å²) in [5.74, 6) is -0.333. The number of amides is 1. The summed E-state index contributed by atoms with van der Waals surface area (Å²) < 4.78 is 5.35. The number of thiophene rings is 1. The summed E-state index contributed by atoms with van der Waals surface area (Å²) in [5.41, 5.74) is 0.818. The van der Waals surface area contributed by atoms with E-state index in [-0.39, 0.29) is 11.5 Å². The molecule has 0 aliphatic rings. The molecule has 0 fully saturated rings. The smallest absolute Gasteiger partial charge is 0.349 e. The molecule has 0 saturated heterocycles. The summed E-state index contributed by atoms with van der Waals surface area (Å²) >= 11 is 1.65. The van der Waals surface area contributed by atoms with Gasteiger partial charge in [0.25, 0.3) is 5.91 Å². The lowest BCUT2D eigenvalue weighted by Crippen LogP contribution is -2.35. The highest BCUT2D eigenvalue weighted by Gasteiger charge is 2.21. The van der Waals surface area contributed by atoms with Gasteiger partial charge in [0.05, 0.1) is 0 Å². The monoisotopic (exact) mass is 390 g/mol. The number of benzene rings is 1. The molecule has 140 valence electrons. The molecule has 0 aliphatic heterocycles. The Kier molecular flexibility index (Phi) is 5.30. The molecule has 3 aromatic heterocycles. The molecule has 1 aromatic carbocycles. The molecule has 0 atom stereocenters. The predicted octanol–water partition coefficient (Wildman–Crippen LogP) is 4.13. The third-order valence-electron chi connectivity index (χ3n) is 4.46. The van der Waals surface area contributed by atoms with E-state index in [0.29, 0.717) is 18.7 Å². The first-order valence-corrected chi connectivity index (χ1v) is 9.82. The highest BCUT2D eigenvalue weighted by Crippen LogP contribution is 2.16. The molecule has 0 unspecified atom stereocenters. The van der Waals surface area contributed by atoms with Crippen molar-refractivity contribution in [3.63, 3.8) is 0 Å². The van der Waals surface area contributed by atoms with E-state index in [1.165, 1.54) is 4.88 Å².